The van der Waals surface area contributed by atoms with Crippen LogP contribution in [0, 0.1) is 0 Å². The van der Waals surface area contributed by atoms with Gasteiger partial charge in [-0.15, -0.1) is 11.6 Å². The standard InChI is InChI=1S/C3H5Br2ClO/c4-1-2(7)3(5)6/h2-3,7H,1H2. The van der Waals surface area contributed by atoms with Gasteiger partial charge in [0.1, 0.15) is 4.29 Å². The lowest BCUT2D eigenvalue weighted by atomic mass is 10.5. The summed E-state index contributed by atoms with van der Waals surface area (Å²) in [5.41, 5.74) is 0. The molecule has 0 aromatic heterocycles. The molecular weight excluding hydrogens is 247 g/mol. The van der Waals surface area contributed by atoms with Crippen molar-refractivity contribution >= 4 is 43.5 Å². The minimum Gasteiger partial charge on any atom is -0.390 e. The summed E-state index contributed by atoms with van der Waals surface area (Å²) in [6, 6.07) is 0. The molecular formula is C3H5Br2ClO. The summed E-state index contributed by atoms with van der Waals surface area (Å²) < 4.78 is -0.341. The Hall–Kier alpha value is 1.21. The lowest BCUT2D eigenvalue weighted by Crippen LogP contribution is -2.15. The van der Waals surface area contributed by atoms with Gasteiger partial charge in [-0.05, 0) is 0 Å². The third-order valence-electron chi connectivity index (χ3n) is 0.449. The molecule has 0 aromatic carbocycles. The average Bonchev–Trinajstić information content (AvgIpc) is 1.65. The lowest BCUT2D eigenvalue weighted by Gasteiger charge is -2.04. The van der Waals surface area contributed by atoms with Crippen LogP contribution >= 0.6 is 43.5 Å². The molecule has 0 heterocycles. The Morgan fingerprint density at radius 2 is 2.14 bits per heavy atom. The van der Waals surface area contributed by atoms with Crippen molar-refractivity contribution < 1.29 is 5.11 Å². The average molecular weight is 252 g/mol. The molecule has 1 N–H and O–H groups in total. The van der Waals surface area contributed by atoms with Crippen molar-refractivity contribution in [3.05, 3.63) is 0 Å². The lowest BCUT2D eigenvalue weighted by molar-refractivity contribution is 0.218. The van der Waals surface area contributed by atoms with Crippen molar-refractivity contribution in [2.75, 3.05) is 5.33 Å². The number of alkyl halides is 3. The first-order chi connectivity index (χ1) is 3.18. The predicted octanol–water partition coefficient (Wildman–Crippen LogP) is 1.70. The Labute approximate surface area is 64.3 Å². The number of aliphatic hydroxyl groups excluding tert-OH is 1. The molecule has 0 fully saturated rings. The van der Waals surface area contributed by atoms with E-state index in [1.807, 2.05) is 0 Å². The van der Waals surface area contributed by atoms with Crippen molar-refractivity contribution in [3.8, 4) is 0 Å². The Morgan fingerprint density at radius 3 is 2.14 bits per heavy atom. The van der Waals surface area contributed by atoms with Crippen molar-refractivity contribution in [2.24, 2.45) is 0 Å². The molecule has 1 nitrogen and oxygen atoms in total. The van der Waals surface area contributed by atoms with Crippen molar-refractivity contribution in [2.45, 2.75) is 10.4 Å². The van der Waals surface area contributed by atoms with Gasteiger partial charge in [-0.1, -0.05) is 31.9 Å². The summed E-state index contributed by atoms with van der Waals surface area (Å²) >= 11 is 11.4. The summed E-state index contributed by atoms with van der Waals surface area (Å²) in [4.78, 5) is 0. The first kappa shape index (κ1) is 8.21. The maximum absolute atomic E-state index is 8.71. The highest BCUT2D eigenvalue weighted by Crippen LogP contribution is 2.11. The highest BCUT2D eigenvalue weighted by Gasteiger charge is 2.08. The molecule has 0 rings (SSSR count). The molecule has 0 radical (unpaired) electrons. The molecule has 0 aliphatic rings. The van der Waals surface area contributed by atoms with Crippen LogP contribution in [0.2, 0.25) is 0 Å². The molecule has 0 aliphatic carbocycles. The maximum Gasteiger partial charge on any atom is 0.115 e. The monoisotopic (exact) mass is 250 g/mol. The number of halogens is 3. The highest BCUT2D eigenvalue weighted by molar-refractivity contribution is 9.10. The first-order valence-electron chi connectivity index (χ1n) is 1.70. The van der Waals surface area contributed by atoms with Crippen molar-refractivity contribution in [1.29, 1.82) is 0 Å². The van der Waals surface area contributed by atoms with Crippen molar-refractivity contribution in [1.82, 2.24) is 0 Å². The van der Waals surface area contributed by atoms with Crippen LogP contribution in [0.3, 0.4) is 0 Å². The second-order valence-corrected chi connectivity index (χ2v) is 3.69. The molecule has 0 saturated heterocycles. The molecule has 0 aromatic rings. The Kier molecular flexibility index (Phi) is 4.84. The number of aliphatic hydroxyl groups is 1. The van der Waals surface area contributed by atoms with Gasteiger partial charge in [0.15, 0.2) is 0 Å². The molecule has 0 bridgehead atoms. The van der Waals surface area contributed by atoms with E-state index in [0.29, 0.717) is 5.33 Å². The fourth-order valence-electron chi connectivity index (χ4n) is 0.0673. The zero-order valence-corrected chi connectivity index (χ0v) is 7.37. The minimum atomic E-state index is -0.498. The fourth-order valence-corrected chi connectivity index (χ4v) is 1.43. The van der Waals surface area contributed by atoms with E-state index in [2.05, 4.69) is 31.9 Å². The van der Waals surface area contributed by atoms with E-state index in [4.69, 9.17) is 16.7 Å². The largest absolute Gasteiger partial charge is 0.390 e. The Bertz CT molecular complexity index is 50.2. The Morgan fingerprint density at radius 1 is 1.71 bits per heavy atom. The molecule has 2 unspecified atom stereocenters. The smallest absolute Gasteiger partial charge is 0.115 e. The maximum atomic E-state index is 8.71. The summed E-state index contributed by atoms with van der Waals surface area (Å²) in [6.45, 7) is 0. The Balaban J connectivity index is 3.14. The summed E-state index contributed by atoms with van der Waals surface area (Å²) in [6.07, 6.45) is -0.498. The highest BCUT2D eigenvalue weighted by atomic mass is 79.9. The molecule has 0 spiro atoms. The quantitative estimate of drug-likeness (QED) is 0.742. The SMILES string of the molecule is OC(CBr)C(Cl)Br. The molecule has 0 saturated carbocycles. The minimum absolute atomic E-state index is 0.341. The van der Waals surface area contributed by atoms with Gasteiger partial charge in [-0.2, -0.15) is 0 Å². The second kappa shape index (κ2) is 4.13. The number of hydrogen-bond donors (Lipinski definition) is 1. The zero-order valence-electron chi connectivity index (χ0n) is 3.44. The van der Waals surface area contributed by atoms with Gasteiger partial charge in [0.05, 0.1) is 6.10 Å². The molecule has 0 aliphatic heterocycles. The summed E-state index contributed by atoms with van der Waals surface area (Å²) in [7, 11) is 0. The van der Waals surface area contributed by atoms with Gasteiger partial charge in [-0.3, -0.25) is 0 Å². The third-order valence-corrected chi connectivity index (χ3v) is 2.01. The molecule has 0 amide bonds. The first-order valence-corrected chi connectivity index (χ1v) is 4.18. The van der Waals surface area contributed by atoms with E-state index in [1.54, 1.807) is 0 Å². The third kappa shape index (κ3) is 3.76. The van der Waals surface area contributed by atoms with Gasteiger partial charge in [-0.25, -0.2) is 0 Å². The predicted molar refractivity (Wildman–Crippen MR) is 38.4 cm³/mol. The van der Waals surface area contributed by atoms with E-state index in [-0.39, 0.29) is 4.29 Å². The zero-order chi connectivity index (χ0) is 5.86. The van der Waals surface area contributed by atoms with Crippen LogP contribution in [0.4, 0.5) is 0 Å². The fraction of sp³-hybridized carbons (Fsp3) is 1.00. The van der Waals surface area contributed by atoms with Crippen LogP contribution in [0.1, 0.15) is 0 Å². The molecule has 2 atom stereocenters. The number of hydrogen-bond acceptors (Lipinski definition) is 1. The van der Waals surface area contributed by atoms with Gasteiger partial charge in [0.2, 0.25) is 0 Å². The van der Waals surface area contributed by atoms with Crippen LogP contribution in [0.25, 0.3) is 0 Å². The van der Waals surface area contributed by atoms with E-state index in [0.717, 1.165) is 0 Å². The van der Waals surface area contributed by atoms with Crippen LogP contribution in [-0.2, 0) is 0 Å². The van der Waals surface area contributed by atoms with E-state index >= 15 is 0 Å². The molecule has 44 valence electrons. The van der Waals surface area contributed by atoms with E-state index in [9.17, 15) is 0 Å². The normalized spacial score (nSPS) is 18.9. The molecule has 7 heavy (non-hydrogen) atoms. The van der Waals surface area contributed by atoms with Crippen LogP contribution < -0.4 is 0 Å². The van der Waals surface area contributed by atoms with E-state index < -0.39 is 6.10 Å². The van der Waals surface area contributed by atoms with Gasteiger partial charge in [0, 0.05) is 5.33 Å². The topological polar surface area (TPSA) is 20.2 Å². The van der Waals surface area contributed by atoms with Crippen LogP contribution in [-0.4, -0.2) is 20.8 Å². The van der Waals surface area contributed by atoms with Gasteiger partial charge in [0.25, 0.3) is 0 Å². The van der Waals surface area contributed by atoms with Crippen LogP contribution in [0.5, 0.6) is 0 Å². The molecule has 4 heteroatoms. The second-order valence-electron chi connectivity index (χ2n) is 1.06. The van der Waals surface area contributed by atoms with Gasteiger partial charge < -0.3 is 5.11 Å². The van der Waals surface area contributed by atoms with E-state index in [1.165, 1.54) is 0 Å². The van der Waals surface area contributed by atoms with Crippen LogP contribution in [0.15, 0.2) is 0 Å². The van der Waals surface area contributed by atoms with Gasteiger partial charge >= 0.3 is 0 Å². The number of rotatable bonds is 2. The summed E-state index contributed by atoms with van der Waals surface area (Å²) in [5.74, 6) is 0. The van der Waals surface area contributed by atoms with Crippen molar-refractivity contribution in [3.63, 3.8) is 0 Å². The summed E-state index contributed by atoms with van der Waals surface area (Å²) in [5, 5.41) is 9.22.